The van der Waals surface area contributed by atoms with Gasteiger partial charge in [-0.3, -0.25) is 0 Å². The molecule has 68 heavy (non-hydrogen) atoms. The molecule has 2 heteroatoms. The summed E-state index contributed by atoms with van der Waals surface area (Å²) in [6.07, 6.45) is 8.67. The summed E-state index contributed by atoms with van der Waals surface area (Å²) in [7, 11) is 0. The SMILES string of the molecule is C(=Cc1ccc(N(c2ccc(C=Cc3ccccc3)cc2)c2ccc(-c3c4ccccc4c(-c4ccc(N(c5ccccc5)c5ccccc5)cc4)c4ccccc34)cc2)cc1)c1ccccc1. The van der Waals surface area contributed by atoms with Crippen LogP contribution in [-0.4, -0.2) is 0 Å². The van der Waals surface area contributed by atoms with Crippen molar-refractivity contribution in [3.05, 3.63) is 289 Å². The van der Waals surface area contributed by atoms with Crippen LogP contribution in [0.5, 0.6) is 0 Å². The van der Waals surface area contributed by atoms with E-state index in [-0.39, 0.29) is 0 Å². The Labute approximate surface area is 399 Å². The predicted octanol–water partition coefficient (Wildman–Crippen LogP) is 18.6. The highest BCUT2D eigenvalue weighted by atomic mass is 15.1. The third-order valence-corrected chi connectivity index (χ3v) is 12.6. The molecule has 0 aromatic heterocycles. The molecule has 0 amide bonds. The molecule has 0 bridgehead atoms. The topological polar surface area (TPSA) is 6.48 Å². The molecule has 11 aromatic carbocycles. The van der Waals surface area contributed by atoms with Gasteiger partial charge in [-0.15, -0.1) is 0 Å². The summed E-state index contributed by atoms with van der Waals surface area (Å²) < 4.78 is 0. The highest BCUT2D eigenvalue weighted by molar-refractivity contribution is 6.21. The van der Waals surface area contributed by atoms with Crippen molar-refractivity contribution in [2.24, 2.45) is 0 Å². The molecule has 322 valence electrons. The second-order valence-corrected chi connectivity index (χ2v) is 16.9. The zero-order chi connectivity index (χ0) is 45.5. The van der Waals surface area contributed by atoms with Crippen molar-refractivity contribution in [3.63, 3.8) is 0 Å². The van der Waals surface area contributed by atoms with Crippen molar-refractivity contribution in [1.29, 1.82) is 0 Å². The van der Waals surface area contributed by atoms with Crippen LogP contribution in [0.25, 0.3) is 68.1 Å². The Bertz CT molecular complexity index is 3300. The van der Waals surface area contributed by atoms with E-state index in [1.54, 1.807) is 0 Å². The Kier molecular flexibility index (Phi) is 11.8. The van der Waals surface area contributed by atoms with Gasteiger partial charge in [-0.1, -0.05) is 218 Å². The van der Waals surface area contributed by atoms with Crippen molar-refractivity contribution in [1.82, 2.24) is 0 Å². The van der Waals surface area contributed by atoms with Gasteiger partial charge in [-0.25, -0.2) is 0 Å². The van der Waals surface area contributed by atoms with Crippen LogP contribution in [-0.2, 0) is 0 Å². The number of benzene rings is 11. The van der Waals surface area contributed by atoms with Gasteiger partial charge in [-0.05, 0) is 139 Å². The number of hydrogen-bond donors (Lipinski definition) is 0. The molecule has 2 nitrogen and oxygen atoms in total. The minimum Gasteiger partial charge on any atom is -0.311 e. The largest absolute Gasteiger partial charge is 0.311 e. The molecule has 0 heterocycles. The zero-order valence-corrected chi connectivity index (χ0v) is 37.6. The number of para-hydroxylation sites is 2. The maximum absolute atomic E-state index is 2.35. The fraction of sp³-hybridized carbons (Fsp3) is 0. The molecule has 0 aliphatic heterocycles. The van der Waals surface area contributed by atoms with Crippen molar-refractivity contribution < 1.29 is 0 Å². The number of hydrogen-bond acceptors (Lipinski definition) is 2. The summed E-state index contributed by atoms with van der Waals surface area (Å²) in [5.41, 5.74) is 16.1. The number of rotatable bonds is 12. The second-order valence-electron chi connectivity index (χ2n) is 16.9. The molecule has 0 atom stereocenters. The zero-order valence-electron chi connectivity index (χ0n) is 37.6. The predicted molar refractivity (Wildman–Crippen MR) is 292 cm³/mol. The van der Waals surface area contributed by atoms with Crippen molar-refractivity contribution in [2.75, 3.05) is 9.80 Å². The lowest BCUT2D eigenvalue weighted by Crippen LogP contribution is -2.09. The van der Waals surface area contributed by atoms with Gasteiger partial charge in [0.1, 0.15) is 0 Å². The van der Waals surface area contributed by atoms with Crippen molar-refractivity contribution >= 4 is 80.0 Å². The molecule has 0 radical (unpaired) electrons. The van der Waals surface area contributed by atoms with E-state index in [1.165, 1.54) is 54.9 Å². The summed E-state index contributed by atoms with van der Waals surface area (Å²) in [6, 6.07) is 95.7. The maximum Gasteiger partial charge on any atom is 0.0462 e. The van der Waals surface area contributed by atoms with Gasteiger partial charge in [0, 0.05) is 34.1 Å². The molecule has 0 saturated carbocycles. The van der Waals surface area contributed by atoms with Gasteiger partial charge in [0.05, 0.1) is 0 Å². The monoisotopic (exact) mass is 868 g/mol. The van der Waals surface area contributed by atoms with Crippen LogP contribution < -0.4 is 9.80 Å². The van der Waals surface area contributed by atoms with E-state index in [0.717, 1.165) is 45.3 Å². The molecule has 0 fully saturated rings. The molecule has 0 spiro atoms. The van der Waals surface area contributed by atoms with Crippen LogP contribution in [0.3, 0.4) is 0 Å². The third-order valence-electron chi connectivity index (χ3n) is 12.6. The summed E-state index contributed by atoms with van der Waals surface area (Å²) in [5.74, 6) is 0. The smallest absolute Gasteiger partial charge is 0.0462 e. The summed E-state index contributed by atoms with van der Waals surface area (Å²) in [5, 5.41) is 4.91. The van der Waals surface area contributed by atoms with Gasteiger partial charge in [0.25, 0.3) is 0 Å². The van der Waals surface area contributed by atoms with E-state index in [2.05, 4.69) is 289 Å². The fourth-order valence-electron chi connectivity index (χ4n) is 9.34. The third kappa shape index (κ3) is 8.75. The van der Waals surface area contributed by atoms with Crippen molar-refractivity contribution in [2.45, 2.75) is 0 Å². The van der Waals surface area contributed by atoms with Crippen LogP contribution in [0.2, 0.25) is 0 Å². The first-order valence-corrected chi connectivity index (χ1v) is 23.2. The number of anilines is 6. The first-order chi connectivity index (χ1) is 33.7. The van der Waals surface area contributed by atoms with Crippen LogP contribution in [0, 0.1) is 0 Å². The average Bonchev–Trinajstić information content (AvgIpc) is 3.41. The fourth-order valence-corrected chi connectivity index (χ4v) is 9.34. The Morgan fingerprint density at radius 3 is 0.706 bits per heavy atom. The Balaban J connectivity index is 0.966. The van der Waals surface area contributed by atoms with Gasteiger partial charge in [-0.2, -0.15) is 0 Å². The number of fused-ring (bicyclic) bond motifs is 2. The molecule has 11 rings (SSSR count). The summed E-state index contributed by atoms with van der Waals surface area (Å²) in [6.45, 7) is 0. The van der Waals surface area contributed by atoms with E-state index in [4.69, 9.17) is 0 Å². The quantitative estimate of drug-likeness (QED) is 0.0892. The van der Waals surface area contributed by atoms with Crippen LogP contribution in [0.1, 0.15) is 22.3 Å². The van der Waals surface area contributed by atoms with E-state index < -0.39 is 0 Å². The minimum absolute atomic E-state index is 1.08. The average molecular weight is 869 g/mol. The van der Waals surface area contributed by atoms with E-state index in [1.807, 2.05) is 12.1 Å². The minimum atomic E-state index is 1.08. The molecule has 0 aliphatic carbocycles. The first kappa shape index (κ1) is 41.7. The lowest BCUT2D eigenvalue weighted by molar-refractivity contribution is 1.28. The number of nitrogens with zero attached hydrogens (tertiary/aromatic N) is 2. The Hall–Kier alpha value is -8.98. The Morgan fingerprint density at radius 1 is 0.191 bits per heavy atom. The highest BCUT2D eigenvalue weighted by Gasteiger charge is 2.19. The first-order valence-electron chi connectivity index (χ1n) is 23.2. The van der Waals surface area contributed by atoms with Crippen LogP contribution >= 0.6 is 0 Å². The highest BCUT2D eigenvalue weighted by Crippen LogP contribution is 2.45. The van der Waals surface area contributed by atoms with E-state index >= 15 is 0 Å². The van der Waals surface area contributed by atoms with Gasteiger partial charge in [0.2, 0.25) is 0 Å². The molecule has 0 aliphatic rings. The second kappa shape index (κ2) is 19.2. The molecule has 11 aromatic rings. The van der Waals surface area contributed by atoms with Crippen molar-refractivity contribution in [3.8, 4) is 22.3 Å². The van der Waals surface area contributed by atoms with Gasteiger partial charge < -0.3 is 9.80 Å². The van der Waals surface area contributed by atoms with Gasteiger partial charge >= 0.3 is 0 Å². The molecule has 0 unspecified atom stereocenters. The van der Waals surface area contributed by atoms with E-state index in [9.17, 15) is 0 Å². The van der Waals surface area contributed by atoms with Crippen LogP contribution in [0.15, 0.2) is 267 Å². The maximum atomic E-state index is 2.35. The van der Waals surface area contributed by atoms with Gasteiger partial charge in [0.15, 0.2) is 0 Å². The summed E-state index contributed by atoms with van der Waals surface area (Å²) in [4.78, 5) is 4.66. The lowest BCUT2D eigenvalue weighted by atomic mass is 9.86. The molecular weight excluding hydrogens is 821 g/mol. The molecular formula is C66H48N2. The lowest BCUT2D eigenvalue weighted by Gasteiger charge is -2.26. The summed E-state index contributed by atoms with van der Waals surface area (Å²) >= 11 is 0. The van der Waals surface area contributed by atoms with E-state index in [0.29, 0.717) is 0 Å². The molecule has 0 N–H and O–H groups in total. The Morgan fingerprint density at radius 2 is 0.412 bits per heavy atom. The van der Waals surface area contributed by atoms with Crippen LogP contribution in [0.4, 0.5) is 34.1 Å². The molecule has 0 saturated heterocycles. The standard InChI is InChI=1S/C66H48N2/c1-5-17-49(18-6-1)29-31-51-33-41-57(42-34-51)68(58-43-35-52(36-44-58)32-30-50-19-7-2-8-20-50)60-47-39-54(40-48-60)66-63-27-15-13-25-61(63)65(62-26-14-16-28-64(62)66)53-37-45-59(46-38-53)67(55-21-9-3-10-22-55)56-23-11-4-12-24-56/h1-48H. The normalized spacial score (nSPS) is 11.4.